The SMILES string of the molecule is Cc1nc(C)c(CCC(=O)NC(C)c2ccc(CC(C)C)cc2)c(=O)[nH]1. The summed E-state index contributed by atoms with van der Waals surface area (Å²) < 4.78 is 0. The predicted molar refractivity (Wildman–Crippen MR) is 104 cm³/mol. The van der Waals surface area contributed by atoms with E-state index in [1.165, 1.54) is 5.56 Å². The second-order valence-electron chi connectivity index (χ2n) is 7.34. The molecule has 0 aliphatic carbocycles. The van der Waals surface area contributed by atoms with Gasteiger partial charge in [-0.15, -0.1) is 0 Å². The van der Waals surface area contributed by atoms with Gasteiger partial charge in [-0.1, -0.05) is 38.1 Å². The molecule has 2 aromatic rings. The van der Waals surface area contributed by atoms with Gasteiger partial charge in [0.05, 0.1) is 6.04 Å². The second kappa shape index (κ2) is 8.79. The monoisotopic (exact) mass is 355 g/mol. The average Bonchev–Trinajstić information content (AvgIpc) is 2.53. The number of hydrogen-bond acceptors (Lipinski definition) is 3. The minimum Gasteiger partial charge on any atom is -0.350 e. The number of nitrogens with one attached hydrogen (secondary N) is 2. The maximum atomic E-state index is 12.3. The van der Waals surface area contributed by atoms with Crippen molar-refractivity contribution in [3.05, 3.63) is 62.8 Å². The summed E-state index contributed by atoms with van der Waals surface area (Å²) in [6.45, 7) is 9.93. The first kappa shape index (κ1) is 19.9. The van der Waals surface area contributed by atoms with Crippen molar-refractivity contribution >= 4 is 5.91 Å². The highest BCUT2D eigenvalue weighted by atomic mass is 16.1. The number of nitrogens with zero attached hydrogens (tertiary/aromatic N) is 1. The molecule has 0 aliphatic heterocycles. The third kappa shape index (κ3) is 5.55. The number of H-pyrrole nitrogens is 1. The van der Waals surface area contributed by atoms with Gasteiger partial charge in [0.15, 0.2) is 0 Å². The van der Waals surface area contributed by atoms with E-state index in [9.17, 15) is 9.59 Å². The van der Waals surface area contributed by atoms with Gasteiger partial charge in [-0.3, -0.25) is 9.59 Å². The number of rotatable bonds is 7. The molecule has 1 aromatic carbocycles. The fourth-order valence-electron chi connectivity index (χ4n) is 3.09. The van der Waals surface area contributed by atoms with E-state index < -0.39 is 0 Å². The number of aromatic amines is 1. The van der Waals surface area contributed by atoms with Gasteiger partial charge in [0, 0.05) is 17.7 Å². The van der Waals surface area contributed by atoms with Crippen LogP contribution in [0.15, 0.2) is 29.1 Å². The molecule has 1 amide bonds. The Bertz CT molecular complexity index is 807. The van der Waals surface area contributed by atoms with E-state index >= 15 is 0 Å². The summed E-state index contributed by atoms with van der Waals surface area (Å²) in [5.41, 5.74) is 3.50. The van der Waals surface area contributed by atoms with Crippen molar-refractivity contribution in [1.82, 2.24) is 15.3 Å². The van der Waals surface area contributed by atoms with Crippen molar-refractivity contribution < 1.29 is 4.79 Å². The lowest BCUT2D eigenvalue weighted by Gasteiger charge is -2.15. The van der Waals surface area contributed by atoms with Crippen molar-refractivity contribution in [3.63, 3.8) is 0 Å². The number of benzene rings is 1. The summed E-state index contributed by atoms with van der Waals surface area (Å²) in [5.74, 6) is 1.15. The van der Waals surface area contributed by atoms with Crippen LogP contribution < -0.4 is 10.9 Å². The Balaban J connectivity index is 1.92. The molecule has 1 atom stereocenters. The standard InChI is InChI=1S/C21H29N3O2/c1-13(2)12-17-6-8-18(9-7-17)14(3)23-20(25)11-10-19-15(4)22-16(5)24-21(19)26/h6-9,13-14H,10-12H2,1-5H3,(H,23,25)(H,22,24,26). The van der Waals surface area contributed by atoms with Crippen LogP contribution in [0.1, 0.15) is 61.4 Å². The Morgan fingerprint density at radius 1 is 1.15 bits per heavy atom. The molecule has 5 nitrogen and oxygen atoms in total. The first-order chi connectivity index (χ1) is 12.3. The van der Waals surface area contributed by atoms with E-state index in [1.54, 1.807) is 13.8 Å². The molecular formula is C21H29N3O2. The van der Waals surface area contributed by atoms with Crippen molar-refractivity contribution in [1.29, 1.82) is 0 Å². The molecule has 2 rings (SSSR count). The molecular weight excluding hydrogens is 326 g/mol. The summed E-state index contributed by atoms with van der Waals surface area (Å²) in [6, 6.07) is 8.33. The first-order valence-electron chi connectivity index (χ1n) is 9.21. The van der Waals surface area contributed by atoms with Gasteiger partial charge in [0.1, 0.15) is 5.82 Å². The van der Waals surface area contributed by atoms with Crippen LogP contribution in [0.4, 0.5) is 0 Å². The normalized spacial score (nSPS) is 12.2. The van der Waals surface area contributed by atoms with E-state index in [0.717, 1.165) is 12.0 Å². The minimum atomic E-state index is -0.156. The van der Waals surface area contributed by atoms with E-state index in [1.807, 2.05) is 6.92 Å². The van der Waals surface area contributed by atoms with Crippen LogP contribution in [-0.2, 0) is 17.6 Å². The van der Waals surface area contributed by atoms with Gasteiger partial charge in [-0.25, -0.2) is 4.98 Å². The largest absolute Gasteiger partial charge is 0.350 e. The number of hydrogen-bond donors (Lipinski definition) is 2. The van der Waals surface area contributed by atoms with Crippen LogP contribution in [0.3, 0.4) is 0 Å². The Morgan fingerprint density at radius 2 is 1.81 bits per heavy atom. The molecule has 1 aromatic heterocycles. The second-order valence-corrected chi connectivity index (χ2v) is 7.34. The Hall–Kier alpha value is -2.43. The number of aromatic nitrogens is 2. The molecule has 26 heavy (non-hydrogen) atoms. The van der Waals surface area contributed by atoms with E-state index in [0.29, 0.717) is 29.4 Å². The fraction of sp³-hybridized carbons (Fsp3) is 0.476. The van der Waals surface area contributed by atoms with Gasteiger partial charge in [0.25, 0.3) is 5.56 Å². The van der Waals surface area contributed by atoms with Gasteiger partial charge in [-0.2, -0.15) is 0 Å². The van der Waals surface area contributed by atoms with Crippen molar-refractivity contribution in [2.24, 2.45) is 5.92 Å². The molecule has 1 unspecified atom stereocenters. The topological polar surface area (TPSA) is 74.8 Å². The Morgan fingerprint density at radius 3 is 2.38 bits per heavy atom. The third-order valence-corrected chi connectivity index (χ3v) is 4.44. The number of carbonyl (C=O) groups excluding carboxylic acids is 1. The highest BCUT2D eigenvalue weighted by Crippen LogP contribution is 2.16. The van der Waals surface area contributed by atoms with Gasteiger partial charge >= 0.3 is 0 Å². The number of amides is 1. The molecule has 140 valence electrons. The van der Waals surface area contributed by atoms with E-state index in [2.05, 4.69) is 53.4 Å². The zero-order valence-corrected chi connectivity index (χ0v) is 16.3. The van der Waals surface area contributed by atoms with Crippen LogP contribution in [-0.4, -0.2) is 15.9 Å². The highest BCUT2D eigenvalue weighted by Gasteiger charge is 2.13. The Labute approximate surface area is 155 Å². The van der Waals surface area contributed by atoms with Gasteiger partial charge in [-0.05, 0) is 50.7 Å². The third-order valence-electron chi connectivity index (χ3n) is 4.44. The molecule has 0 fully saturated rings. The summed E-state index contributed by atoms with van der Waals surface area (Å²) in [4.78, 5) is 31.2. The molecule has 0 spiro atoms. The zero-order chi connectivity index (χ0) is 19.3. The van der Waals surface area contributed by atoms with Gasteiger partial charge < -0.3 is 10.3 Å². The summed E-state index contributed by atoms with van der Waals surface area (Å²) in [7, 11) is 0. The molecule has 0 bridgehead atoms. The molecule has 0 saturated heterocycles. The summed E-state index contributed by atoms with van der Waals surface area (Å²) in [5, 5.41) is 3.01. The molecule has 1 heterocycles. The smallest absolute Gasteiger partial charge is 0.254 e. The van der Waals surface area contributed by atoms with Crippen LogP contribution in [0.5, 0.6) is 0 Å². The molecule has 0 saturated carbocycles. The molecule has 0 aliphatic rings. The predicted octanol–water partition coefficient (Wildman–Crippen LogP) is 3.40. The first-order valence-corrected chi connectivity index (χ1v) is 9.21. The lowest BCUT2D eigenvalue weighted by molar-refractivity contribution is -0.121. The molecule has 0 radical (unpaired) electrons. The quantitative estimate of drug-likeness (QED) is 0.799. The fourth-order valence-corrected chi connectivity index (χ4v) is 3.09. The van der Waals surface area contributed by atoms with Crippen LogP contribution in [0.25, 0.3) is 0 Å². The van der Waals surface area contributed by atoms with E-state index in [4.69, 9.17) is 0 Å². The van der Waals surface area contributed by atoms with E-state index in [-0.39, 0.29) is 23.9 Å². The van der Waals surface area contributed by atoms with Crippen LogP contribution in [0.2, 0.25) is 0 Å². The van der Waals surface area contributed by atoms with Crippen LogP contribution >= 0.6 is 0 Å². The summed E-state index contributed by atoms with van der Waals surface area (Å²) in [6.07, 6.45) is 1.71. The molecule has 2 N–H and O–H groups in total. The molecule has 5 heteroatoms. The lowest BCUT2D eigenvalue weighted by Crippen LogP contribution is -2.28. The van der Waals surface area contributed by atoms with Crippen molar-refractivity contribution in [2.45, 2.75) is 59.9 Å². The number of carbonyl (C=O) groups is 1. The summed E-state index contributed by atoms with van der Waals surface area (Å²) >= 11 is 0. The zero-order valence-electron chi connectivity index (χ0n) is 16.3. The Kier molecular flexibility index (Phi) is 6.72. The number of aryl methyl sites for hydroxylation is 2. The maximum Gasteiger partial charge on any atom is 0.254 e. The lowest BCUT2D eigenvalue weighted by atomic mass is 10.00. The average molecular weight is 355 g/mol. The minimum absolute atomic E-state index is 0.0638. The van der Waals surface area contributed by atoms with Crippen molar-refractivity contribution in [3.8, 4) is 0 Å². The van der Waals surface area contributed by atoms with Crippen LogP contribution in [0, 0.1) is 19.8 Å². The van der Waals surface area contributed by atoms with Gasteiger partial charge in [0.2, 0.25) is 5.91 Å². The maximum absolute atomic E-state index is 12.3. The highest BCUT2D eigenvalue weighted by molar-refractivity contribution is 5.76. The van der Waals surface area contributed by atoms with Crippen molar-refractivity contribution in [2.75, 3.05) is 0 Å².